The molecule has 5 nitrogen and oxygen atoms in total. The molecule has 0 unspecified atom stereocenters. The number of aromatic carboxylic acids is 1. The van der Waals surface area contributed by atoms with Crippen LogP contribution < -0.4 is 10.1 Å². The van der Waals surface area contributed by atoms with E-state index in [0.717, 1.165) is 16.0 Å². The molecule has 2 rings (SSSR count). The second kappa shape index (κ2) is 6.49. The monoisotopic (exact) mass is 292 g/mol. The van der Waals surface area contributed by atoms with E-state index < -0.39 is 5.97 Å². The number of rotatable bonds is 6. The number of aromatic nitrogens is 1. The van der Waals surface area contributed by atoms with E-state index in [4.69, 9.17) is 9.84 Å². The number of methoxy groups -OCH3 is 1. The number of carbonyl (C=O) groups is 1. The van der Waals surface area contributed by atoms with Gasteiger partial charge in [0.25, 0.3) is 0 Å². The normalized spacial score (nSPS) is 10.5. The van der Waals surface area contributed by atoms with Crippen molar-refractivity contribution in [3.8, 4) is 5.88 Å². The topological polar surface area (TPSA) is 71.5 Å². The first-order chi connectivity index (χ1) is 9.61. The largest absolute Gasteiger partial charge is 0.481 e. The van der Waals surface area contributed by atoms with Crippen molar-refractivity contribution in [3.63, 3.8) is 0 Å². The predicted octanol–water partition coefficient (Wildman–Crippen LogP) is 2.45. The van der Waals surface area contributed by atoms with E-state index in [1.807, 2.05) is 19.1 Å². The van der Waals surface area contributed by atoms with Crippen LogP contribution in [-0.2, 0) is 13.1 Å². The van der Waals surface area contributed by atoms with Crippen LogP contribution in [-0.4, -0.2) is 23.2 Å². The van der Waals surface area contributed by atoms with Crippen molar-refractivity contribution in [1.29, 1.82) is 0 Å². The molecule has 0 aliphatic rings. The van der Waals surface area contributed by atoms with Crippen LogP contribution in [0.4, 0.5) is 0 Å². The average Bonchev–Trinajstić information content (AvgIpc) is 2.81. The fourth-order valence-corrected chi connectivity index (χ4v) is 2.76. The Bertz CT molecular complexity index is 610. The summed E-state index contributed by atoms with van der Waals surface area (Å²) in [7, 11) is 1.59. The highest BCUT2D eigenvalue weighted by atomic mass is 32.1. The number of carboxylic acids is 1. The first-order valence-electron chi connectivity index (χ1n) is 6.13. The first-order valence-corrected chi connectivity index (χ1v) is 6.94. The Morgan fingerprint density at radius 2 is 2.20 bits per heavy atom. The van der Waals surface area contributed by atoms with Gasteiger partial charge in [-0.1, -0.05) is 6.07 Å². The first kappa shape index (κ1) is 14.5. The van der Waals surface area contributed by atoms with Gasteiger partial charge >= 0.3 is 5.97 Å². The summed E-state index contributed by atoms with van der Waals surface area (Å²) in [4.78, 5) is 16.4. The van der Waals surface area contributed by atoms with Crippen LogP contribution in [0.1, 0.15) is 25.7 Å². The molecule has 0 atom stereocenters. The number of hydrogen-bond donors (Lipinski definition) is 2. The van der Waals surface area contributed by atoms with Gasteiger partial charge in [0.15, 0.2) is 0 Å². The zero-order valence-electron chi connectivity index (χ0n) is 11.3. The maximum Gasteiger partial charge on any atom is 0.345 e. The van der Waals surface area contributed by atoms with Crippen molar-refractivity contribution in [3.05, 3.63) is 45.3 Å². The minimum Gasteiger partial charge on any atom is -0.481 e. The van der Waals surface area contributed by atoms with Crippen LogP contribution in [0.3, 0.4) is 0 Å². The smallest absolute Gasteiger partial charge is 0.345 e. The van der Waals surface area contributed by atoms with Crippen LogP contribution >= 0.6 is 11.3 Å². The third kappa shape index (κ3) is 3.34. The minimum absolute atomic E-state index is 0.373. The number of aryl methyl sites for hydroxylation is 1. The van der Waals surface area contributed by atoms with Gasteiger partial charge in [-0.05, 0) is 24.6 Å². The number of ether oxygens (including phenoxy) is 1. The standard InChI is InChI=1S/C14H16N2O3S/c1-9-11(6-12(20-9)14(17)18)8-15-7-10-4-3-5-16-13(10)19-2/h3-6,15H,7-8H2,1-2H3,(H,17,18). The molecule has 0 aliphatic heterocycles. The summed E-state index contributed by atoms with van der Waals surface area (Å²) >= 11 is 1.30. The summed E-state index contributed by atoms with van der Waals surface area (Å²) in [6.45, 7) is 3.17. The highest BCUT2D eigenvalue weighted by Crippen LogP contribution is 2.21. The van der Waals surface area contributed by atoms with Crippen molar-refractivity contribution in [2.45, 2.75) is 20.0 Å². The van der Waals surface area contributed by atoms with Crippen LogP contribution in [0, 0.1) is 6.92 Å². The lowest BCUT2D eigenvalue weighted by molar-refractivity contribution is 0.0702. The molecule has 20 heavy (non-hydrogen) atoms. The number of hydrogen-bond acceptors (Lipinski definition) is 5. The van der Waals surface area contributed by atoms with E-state index in [1.165, 1.54) is 11.3 Å². The number of nitrogens with zero attached hydrogens (tertiary/aromatic N) is 1. The van der Waals surface area contributed by atoms with Crippen molar-refractivity contribution in [2.24, 2.45) is 0 Å². The zero-order chi connectivity index (χ0) is 14.5. The van der Waals surface area contributed by atoms with E-state index in [1.54, 1.807) is 19.4 Å². The van der Waals surface area contributed by atoms with Gasteiger partial charge in [0.05, 0.1) is 7.11 Å². The lowest BCUT2D eigenvalue weighted by atomic mass is 10.2. The molecule has 0 bridgehead atoms. The van der Waals surface area contributed by atoms with Crippen molar-refractivity contribution in [1.82, 2.24) is 10.3 Å². The van der Waals surface area contributed by atoms with E-state index in [9.17, 15) is 4.79 Å². The lowest BCUT2D eigenvalue weighted by Crippen LogP contribution is -2.13. The summed E-state index contributed by atoms with van der Waals surface area (Å²) in [5.74, 6) is -0.272. The predicted molar refractivity (Wildman–Crippen MR) is 77.3 cm³/mol. The van der Waals surface area contributed by atoms with Gasteiger partial charge in [-0.15, -0.1) is 11.3 Å². The van der Waals surface area contributed by atoms with Gasteiger partial charge in [-0.3, -0.25) is 0 Å². The SMILES string of the molecule is COc1ncccc1CNCc1cc(C(=O)O)sc1C. The molecule has 0 radical (unpaired) electrons. The van der Waals surface area contributed by atoms with Gasteiger partial charge in [0.1, 0.15) is 4.88 Å². The van der Waals surface area contributed by atoms with Crippen molar-refractivity contribution in [2.75, 3.05) is 7.11 Å². The molecule has 106 valence electrons. The highest BCUT2D eigenvalue weighted by Gasteiger charge is 2.11. The van der Waals surface area contributed by atoms with Crippen LogP contribution in [0.25, 0.3) is 0 Å². The fraction of sp³-hybridized carbons (Fsp3) is 0.286. The van der Waals surface area contributed by atoms with E-state index in [0.29, 0.717) is 23.8 Å². The van der Waals surface area contributed by atoms with Crippen LogP contribution in [0.5, 0.6) is 5.88 Å². The van der Waals surface area contributed by atoms with Crippen molar-refractivity contribution < 1.29 is 14.6 Å². The molecular weight excluding hydrogens is 276 g/mol. The maximum absolute atomic E-state index is 10.9. The Hall–Kier alpha value is -1.92. The molecule has 2 N–H and O–H groups in total. The Balaban J connectivity index is 1.97. The summed E-state index contributed by atoms with van der Waals surface area (Å²) in [5, 5.41) is 12.2. The number of thiophene rings is 1. The summed E-state index contributed by atoms with van der Waals surface area (Å²) in [5.41, 5.74) is 1.98. The number of pyridine rings is 1. The quantitative estimate of drug-likeness (QED) is 0.855. The maximum atomic E-state index is 10.9. The average molecular weight is 292 g/mol. The molecule has 0 aromatic carbocycles. The Labute approximate surface area is 121 Å². The van der Waals surface area contributed by atoms with Crippen LogP contribution in [0.2, 0.25) is 0 Å². The van der Waals surface area contributed by atoms with Gasteiger partial charge in [-0.25, -0.2) is 9.78 Å². The Morgan fingerprint density at radius 3 is 2.85 bits per heavy atom. The van der Waals surface area contributed by atoms with Gasteiger partial charge in [0.2, 0.25) is 5.88 Å². The van der Waals surface area contributed by atoms with E-state index in [2.05, 4.69) is 10.3 Å². The molecular formula is C14H16N2O3S. The molecule has 2 heterocycles. The molecule has 6 heteroatoms. The summed E-state index contributed by atoms with van der Waals surface area (Å²) in [6.07, 6.45) is 1.69. The lowest BCUT2D eigenvalue weighted by Gasteiger charge is -2.08. The van der Waals surface area contributed by atoms with Gasteiger partial charge in [0, 0.05) is 29.7 Å². The van der Waals surface area contributed by atoms with Gasteiger partial charge < -0.3 is 15.2 Å². The third-order valence-electron chi connectivity index (χ3n) is 2.91. The minimum atomic E-state index is -0.877. The highest BCUT2D eigenvalue weighted by molar-refractivity contribution is 7.14. The Kier molecular flexibility index (Phi) is 4.70. The zero-order valence-corrected chi connectivity index (χ0v) is 12.2. The molecule has 0 spiro atoms. The van der Waals surface area contributed by atoms with E-state index >= 15 is 0 Å². The van der Waals surface area contributed by atoms with Crippen molar-refractivity contribution >= 4 is 17.3 Å². The molecule has 0 aliphatic carbocycles. The second-order valence-electron chi connectivity index (χ2n) is 4.27. The van der Waals surface area contributed by atoms with Crippen LogP contribution in [0.15, 0.2) is 24.4 Å². The molecule has 0 fully saturated rings. The fourth-order valence-electron chi connectivity index (χ4n) is 1.88. The summed E-state index contributed by atoms with van der Waals surface area (Å²) < 4.78 is 5.18. The molecule has 0 saturated heterocycles. The second-order valence-corrected chi connectivity index (χ2v) is 5.53. The number of nitrogens with one attached hydrogen (secondary N) is 1. The molecule has 2 aromatic heterocycles. The Morgan fingerprint density at radius 1 is 1.45 bits per heavy atom. The molecule has 2 aromatic rings. The van der Waals surface area contributed by atoms with Gasteiger partial charge in [-0.2, -0.15) is 0 Å². The number of carboxylic acid groups (broad SMARTS) is 1. The summed E-state index contributed by atoms with van der Waals surface area (Å²) in [6, 6.07) is 5.52. The molecule has 0 saturated carbocycles. The third-order valence-corrected chi connectivity index (χ3v) is 3.99. The van der Waals surface area contributed by atoms with E-state index in [-0.39, 0.29) is 0 Å². The molecule has 0 amide bonds.